The lowest BCUT2D eigenvalue weighted by Crippen LogP contribution is -2.37. The normalized spacial score (nSPS) is 39.4. The van der Waals surface area contributed by atoms with Crippen LogP contribution in [0.15, 0.2) is 0 Å². The van der Waals surface area contributed by atoms with Crippen molar-refractivity contribution in [2.45, 2.75) is 110 Å². The number of thioether (sulfide) groups is 1. The Hall–Kier alpha value is 0.500. The smallest absolute Gasteiger partial charge is 0.304 e. The van der Waals surface area contributed by atoms with E-state index in [0.717, 1.165) is 31.4 Å². The van der Waals surface area contributed by atoms with Crippen LogP contribution in [0, 0.1) is 35.5 Å². The first-order valence-corrected chi connectivity index (χ1v) is 14.9. The average Bonchev–Trinajstić information content (AvgIpc) is 3.16. The predicted octanol–water partition coefficient (Wildman–Crippen LogP) is 7.99. The van der Waals surface area contributed by atoms with E-state index < -0.39 is 7.60 Å². The molecule has 3 fully saturated rings. The van der Waals surface area contributed by atoms with Gasteiger partial charge in [0.15, 0.2) is 0 Å². The van der Waals surface area contributed by atoms with Crippen molar-refractivity contribution in [2.24, 2.45) is 35.5 Å². The second-order valence-corrected chi connectivity index (χ2v) is 14.7. The first-order chi connectivity index (χ1) is 13.7. The highest BCUT2D eigenvalue weighted by molar-refractivity contribution is 8.05. The quantitative estimate of drug-likeness (QED) is 0.373. The molecule has 3 rings (SSSR count). The molecule has 0 aromatic carbocycles. The molecular formula is C24H45O3PS. The van der Waals surface area contributed by atoms with Gasteiger partial charge in [-0.05, 0) is 79.8 Å². The molecule has 0 radical (unpaired) electrons. The van der Waals surface area contributed by atoms with E-state index in [9.17, 15) is 4.57 Å². The molecule has 0 aromatic heterocycles. The lowest BCUT2D eigenvalue weighted by atomic mass is 9.75. The Morgan fingerprint density at radius 1 is 0.793 bits per heavy atom. The van der Waals surface area contributed by atoms with Gasteiger partial charge in [0.2, 0.25) is 0 Å². The van der Waals surface area contributed by atoms with Crippen LogP contribution in [0.5, 0.6) is 0 Å². The third-order valence-corrected chi connectivity index (χ3v) is 12.2. The van der Waals surface area contributed by atoms with E-state index in [2.05, 4.69) is 41.5 Å². The van der Waals surface area contributed by atoms with Gasteiger partial charge in [0.25, 0.3) is 0 Å². The molecule has 3 nitrogen and oxygen atoms in total. The molecule has 3 aliphatic rings. The lowest BCUT2D eigenvalue weighted by molar-refractivity contribution is -0.00413. The van der Waals surface area contributed by atoms with Crippen LogP contribution < -0.4 is 0 Å². The van der Waals surface area contributed by atoms with E-state index in [1.807, 2.05) is 11.8 Å². The van der Waals surface area contributed by atoms with Gasteiger partial charge in [0.05, 0.1) is 12.2 Å². The fourth-order valence-electron chi connectivity index (χ4n) is 5.82. The summed E-state index contributed by atoms with van der Waals surface area (Å²) in [4.78, 5) is 0.0394. The second kappa shape index (κ2) is 10.4. The van der Waals surface area contributed by atoms with Crippen LogP contribution in [0.3, 0.4) is 0 Å². The van der Waals surface area contributed by atoms with E-state index in [-0.39, 0.29) is 17.2 Å². The summed E-state index contributed by atoms with van der Waals surface area (Å²) < 4.78 is 27.8. The molecule has 2 saturated carbocycles. The monoisotopic (exact) mass is 444 g/mol. The molecule has 1 aliphatic heterocycles. The Morgan fingerprint density at radius 2 is 1.28 bits per heavy atom. The predicted molar refractivity (Wildman–Crippen MR) is 126 cm³/mol. The molecule has 0 N–H and O–H groups in total. The largest absolute Gasteiger partial charge is 0.344 e. The van der Waals surface area contributed by atoms with Crippen molar-refractivity contribution in [3.63, 3.8) is 0 Å². The highest BCUT2D eigenvalue weighted by atomic mass is 32.2. The summed E-state index contributed by atoms with van der Waals surface area (Å²) in [6.45, 7) is 13.8. The molecule has 0 bridgehead atoms. The van der Waals surface area contributed by atoms with Crippen molar-refractivity contribution in [3.05, 3.63) is 0 Å². The zero-order valence-electron chi connectivity index (χ0n) is 19.6. The van der Waals surface area contributed by atoms with Crippen LogP contribution in [-0.2, 0) is 13.6 Å². The third kappa shape index (κ3) is 6.05. The summed E-state index contributed by atoms with van der Waals surface area (Å²) >= 11 is 1.83. The zero-order chi connectivity index (χ0) is 21.2. The SMILES string of the molecule is CC(C)[C@@H]1CC[C@@H](C)C[C@H]1OP(=O)(O[C@@H]1C[C@H](C)CC[C@H]1C(C)C)[C@@H]1CCCS1. The molecule has 1 heterocycles. The van der Waals surface area contributed by atoms with E-state index >= 15 is 0 Å². The summed E-state index contributed by atoms with van der Waals surface area (Å²) in [7, 11) is -3.15. The van der Waals surface area contributed by atoms with Crippen molar-refractivity contribution in [1.82, 2.24) is 0 Å². The molecule has 29 heavy (non-hydrogen) atoms. The minimum atomic E-state index is -3.15. The van der Waals surface area contributed by atoms with Crippen molar-refractivity contribution in [1.29, 1.82) is 0 Å². The van der Waals surface area contributed by atoms with E-state index in [0.29, 0.717) is 35.5 Å². The number of hydrogen-bond acceptors (Lipinski definition) is 4. The van der Waals surface area contributed by atoms with Gasteiger partial charge in [-0.2, -0.15) is 0 Å². The third-order valence-electron chi connectivity index (χ3n) is 7.75. The van der Waals surface area contributed by atoms with Gasteiger partial charge in [0, 0.05) is 0 Å². The van der Waals surface area contributed by atoms with Gasteiger partial charge in [-0.3, -0.25) is 4.57 Å². The zero-order valence-corrected chi connectivity index (χ0v) is 21.4. The fraction of sp³-hybridized carbons (Fsp3) is 1.00. The van der Waals surface area contributed by atoms with Crippen molar-refractivity contribution < 1.29 is 13.6 Å². The van der Waals surface area contributed by atoms with Gasteiger partial charge in [-0.1, -0.05) is 54.4 Å². The van der Waals surface area contributed by atoms with Crippen molar-refractivity contribution in [3.8, 4) is 0 Å². The Bertz CT molecular complexity index is 522. The summed E-state index contributed by atoms with van der Waals surface area (Å²) in [6, 6.07) is 0. The molecule has 0 aromatic rings. The maximum Gasteiger partial charge on any atom is 0.344 e. The van der Waals surface area contributed by atoms with E-state index in [1.54, 1.807) is 0 Å². The molecule has 0 unspecified atom stereocenters. The Morgan fingerprint density at radius 3 is 1.66 bits per heavy atom. The van der Waals surface area contributed by atoms with Crippen LogP contribution >= 0.6 is 19.4 Å². The summed E-state index contributed by atoms with van der Waals surface area (Å²) in [6.07, 6.45) is 9.26. The molecule has 170 valence electrons. The van der Waals surface area contributed by atoms with Crippen LogP contribution in [-0.4, -0.2) is 23.0 Å². The highest BCUT2D eigenvalue weighted by Gasteiger charge is 2.47. The molecule has 5 heteroatoms. The van der Waals surface area contributed by atoms with Crippen molar-refractivity contribution >= 4 is 19.4 Å². The maximum absolute atomic E-state index is 14.4. The van der Waals surface area contributed by atoms with Gasteiger partial charge in [0.1, 0.15) is 4.99 Å². The summed E-state index contributed by atoms with van der Waals surface area (Å²) in [5.41, 5.74) is 0. The van der Waals surface area contributed by atoms with Crippen LogP contribution in [0.25, 0.3) is 0 Å². The molecule has 0 amide bonds. The highest BCUT2D eigenvalue weighted by Crippen LogP contribution is 2.65. The first-order valence-electron chi connectivity index (χ1n) is 12.3. The maximum atomic E-state index is 14.4. The molecule has 2 aliphatic carbocycles. The van der Waals surface area contributed by atoms with E-state index in [4.69, 9.17) is 9.05 Å². The lowest BCUT2D eigenvalue weighted by Gasteiger charge is -2.42. The summed E-state index contributed by atoms with van der Waals surface area (Å²) in [5, 5.41) is 0. The molecule has 0 spiro atoms. The standard InChI is InChI=1S/C24H45O3PS/c1-16(2)20-11-9-18(5)14-22(20)26-28(25,24-8-7-13-29-24)27-23-15-19(6)10-12-21(23)17(3)4/h16-24H,7-15H2,1-6H3/t18-,19-,20+,21+,22-,23-,24+/m1/s1. The van der Waals surface area contributed by atoms with Crippen LogP contribution in [0.4, 0.5) is 0 Å². The number of hydrogen-bond donors (Lipinski definition) is 0. The Labute approximate surface area is 184 Å². The molecule has 1 saturated heterocycles. The Kier molecular flexibility index (Phi) is 8.67. The number of rotatable bonds is 7. The minimum Gasteiger partial charge on any atom is -0.304 e. The average molecular weight is 445 g/mol. The topological polar surface area (TPSA) is 35.5 Å². The van der Waals surface area contributed by atoms with Gasteiger partial charge in [-0.25, -0.2) is 0 Å². The summed E-state index contributed by atoms with van der Waals surface area (Å²) in [5.74, 6) is 4.52. The van der Waals surface area contributed by atoms with Crippen LogP contribution in [0.2, 0.25) is 0 Å². The fourth-order valence-corrected chi connectivity index (χ4v) is 10.2. The van der Waals surface area contributed by atoms with Gasteiger partial charge < -0.3 is 9.05 Å². The molecule has 7 atom stereocenters. The second-order valence-electron chi connectivity index (χ2n) is 10.9. The van der Waals surface area contributed by atoms with Gasteiger partial charge in [-0.15, -0.1) is 11.8 Å². The Balaban J connectivity index is 1.82. The minimum absolute atomic E-state index is 0.0394. The van der Waals surface area contributed by atoms with Crippen molar-refractivity contribution in [2.75, 3.05) is 5.75 Å². The first kappa shape index (κ1) is 24.1. The van der Waals surface area contributed by atoms with Gasteiger partial charge >= 0.3 is 7.60 Å². The van der Waals surface area contributed by atoms with E-state index in [1.165, 1.54) is 25.7 Å². The van der Waals surface area contributed by atoms with Crippen LogP contribution in [0.1, 0.15) is 92.9 Å². The molecular weight excluding hydrogens is 399 g/mol.